The molecule has 0 atom stereocenters. The number of pyridine rings is 2. The molecular weight excluding hydrogens is 432 g/mol. The molecule has 1 amide bonds. The monoisotopic (exact) mass is 447 g/mol. The summed E-state index contributed by atoms with van der Waals surface area (Å²) in [5.41, 5.74) is 0.438. The lowest BCUT2D eigenvalue weighted by Crippen LogP contribution is -2.31. The number of carboxylic acids is 1. The number of hydrogen-bond acceptors (Lipinski definition) is 5. The van der Waals surface area contributed by atoms with Crippen LogP contribution in [-0.4, -0.2) is 39.0 Å². The number of carbonyl (C=O) groups excluding carboxylic acids is 1. The Hall–Kier alpha value is -3.59. The summed E-state index contributed by atoms with van der Waals surface area (Å²) in [5.74, 6) is -3.31. The highest BCUT2D eigenvalue weighted by atomic mass is 35.5. The number of halogens is 3. The number of rotatable bonds is 7. The van der Waals surface area contributed by atoms with Gasteiger partial charge in [0, 0.05) is 36.6 Å². The van der Waals surface area contributed by atoms with Gasteiger partial charge in [0.15, 0.2) is 0 Å². The van der Waals surface area contributed by atoms with Crippen molar-refractivity contribution in [3.63, 3.8) is 0 Å². The van der Waals surface area contributed by atoms with Gasteiger partial charge < -0.3 is 14.7 Å². The molecule has 0 saturated heterocycles. The van der Waals surface area contributed by atoms with Crippen LogP contribution in [0.1, 0.15) is 32.1 Å². The highest BCUT2D eigenvalue weighted by Gasteiger charge is 2.21. The van der Waals surface area contributed by atoms with E-state index < -0.39 is 23.5 Å². The Balaban J connectivity index is 1.96. The molecule has 10 heteroatoms. The Bertz CT molecular complexity index is 1110. The average molecular weight is 448 g/mol. The van der Waals surface area contributed by atoms with Crippen molar-refractivity contribution in [2.45, 2.75) is 13.1 Å². The Labute approximate surface area is 180 Å². The van der Waals surface area contributed by atoms with Crippen LogP contribution in [0.2, 0.25) is 5.02 Å². The van der Waals surface area contributed by atoms with Gasteiger partial charge in [-0.1, -0.05) is 17.7 Å². The van der Waals surface area contributed by atoms with E-state index in [0.29, 0.717) is 23.1 Å². The first-order valence-electron chi connectivity index (χ1n) is 8.89. The third kappa shape index (κ3) is 5.32. The van der Waals surface area contributed by atoms with Crippen LogP contribution in [0.15, 0.2) is 48.8 Å². The van der Waals surface area contributed by atoms with Crippen LogP contribution < -0.4 is 4.74 Å². The van der Waals surface area contributed by atoms with Crippen molar-refractivity contribution in [1.29, 1.82) is 0 Å². The van der Waals surface area contributed by atoms with E-state index in [4.69, 9.17) is 21.4 Å². The number of carboxylic acid groups (broad SMARTS) is 1. The smallest absolute Gasteiger partial charge is 0.354 e. The fraction of sp³-hybridized carbons (Fsp3) is 0.143. The van der Waals surface area contributed by atoms with Gasteiger partial charge in [0.1, 0.15) is 28.1 Å². The summed E-state index contributed by atoms with van der Waals surface area (Å²) in [6, 6.07) is 6.84. The van der Waals surface area contributed by atoms with Gasteiger partial charge in [-0.3, -0.25) is 9.78 Å². The number of amides is 1. The zero-order valence-corrected chi connectivity index (χ0v) is 16.9. The standard InChI is InChI=1S/C21H16ClF2N3O4/c1-31-18-4-5-25-17(19(18)22)11-27(10-12-2-3-16(21(29)30)26-9-12)20(28)13-6-14(23)8-15(24)7-13/h2-9H,10-11H2,1H3,(H,29,30). The van der Waals surface area contributed by atoms with E-state index in [1.54, 1.807) is 6.07 Å². The highest BCUT2D eigenvalue weighted by Crippen LogP contribution is 2.28. The van der Waals surface area contributed by atoms with Gasteiger partial charge in [-0.15, -0.1) is 0 Å². The van der Waals surface area contributed by atoms with E-state index in [1.165, 1.54) is 36.5 Å². The molecular formula is C21H16ClF2N3O4. The van der Waals surface area contributed by atoms with Crippen molar-refractivity contribution in [2.75, 3.05) is 7.11 Å². The largest absolute Gasteiger partial charge is 0.495 e. The van der Waals surface area contributed by atoms with Gasteiger partial charge in [0.25, 0.3) is 5.91 Å². The minimum atomic E-state index is -1.19. The first-order valence-corrected chi connectivity index (χ1v) is 9.27. The summed E-state index contributed by atoms with van der Waals surface area (Å²) in [7, 11) is 1.43. The number of methoxy groups -OCH3 is 1. The van der Waals surface area contributed by atoms with E-state index in [9.17, 15) is 18.4 Å². The molecule has 3 rings (SSSR count). The van der Waals surface area contributed by atoms with Crippen molar-refractivity contribution in [3.05, 3.63) is 88.0 Å². The first kappa shape index (κ1) is 22.1. The van der Waals surface area contributed by atoms with Gasteiger partial charge >= 0.3 is 5.97 Å². The van der Waals surface area contributed by atoms with Crippen molar-refractivity contribution in [2.24, 2.45) is 0 Å². The summed E-state index contributed by atoms with van der Waals surface area (Å²) in [6.07, 6.45) is 2.75. The van der Waals surface area contributed by atoms with E-state index in [2.05, 4.69) is 9.97 Å². The lowest BCUT2D eigenvalue weighted by Gasteiger charge is -2.23. The van der Waals surface area contributed by atoms with Crippen molar-refractivity contribution >= 4 is 23.5 Å². The molecule has 0 aliphatic heterocycles. The molecule has 0 aliphatic carbocycles. The predicted molar refractivity (Wildman–Crippen MR) is 107 cm³/mol. The minimum absolute atomic E-state index is 0.0426. The molecule has 160 valence electrons. The molecule has 31 heavy (non-hydrogen) atoms. The topological polar surface area (TPSA) is 92.6 Å². The van der Waals surface area contributed by atoms with Crippen molar-refractivity contribution < 1.29 is 28.2 Å². The van der Waals surface area contributed by atoms with Crippen LogP contribution in [0, 0.1) is 11.6 Å². The fourth-order valence-electron chi connectivity index (χ4n) is 2.84. The molecule has 0 bridgehead atoms. The molecule has 0 radical (unpaired) electrons. The number of nitrogens with zero attached hydrogens (tertiary/aromatic N) is 3. The first-order chi connectivity index (χ1) is 14.8. The highest BCUT2D eigenvalue weighted by molar-refractivity contribution is 6.32. The fourth-order valence-corrected chi connectivity index (χ4v) is 3.09. The Morgan fingerprint density at radius 3 is 2.39 bits per heavy atom. The normalized spacial score (nSPS) is 10.6. The predicted octanol–water partition coefficient (Wildman–Crippen LogP) is 3.96. The van der Waals surface area contributed by atoms with Crippen LogP contribution in [0.3, 0.4) is 0 Å². The zero-order valence-electron chi connectivity index (χ0n) is 16.2. The molecule has 7 nitrogen and oxygen atoms in total. The number of aromatic carboxylic acids is 1. The second-order valence-corrected chi connectivity index (χ2v) is 6.83. The van der Waals surface area contributed by atoms with Crippen molar-refractivity contribution in [1.82, 2.24) is 14.9 Å². The van der Waals surface area contributed by atoms with Gasteiger partial charge in [-0.05, 0) is 23.8 Å². The number of ether oxygens (including phenoxy) is 1. The van der Waals surface area contributed by atoms with Gasteiger partial charge in [-0.25, -0.2) is 18.6 Å². The summed E-state index contributed by atoms with van der Waals surface area (Å²) < 4.78 is 32.5. The van der Waals surface area contributed by atoms with Crippen molar-refractivity contribution in [3.8, 4) is 5.75 Å². The molecule has 1 N–H and O–H groups in total. The molecule has 1 aromatic carbocycles. The maximum atomic E-state index is 13.7. The summed E-state index contributed by atoms with van der Waals surface area (Å²) >= 11 is 6.29. The van der Waals surface area contributed by atoms with Crippen LogP contribution >= 0.6 is 11.6 Å². The maximum absolute atomic E-state index is 13.7. The quantitative estimate of drug-likeness (QED) is 0.589. The number of aromatic nitrogens is 2. The third-order valence-corrected chi connectivity index (χ3v) is 4.70. The van der Waals surface area contributed by atoms with Gasteiger partial charge in [0.05, 0.1) is 19.3 Å². The second kappa shape index (κ2) is 9.48. The Morgan fingerprint density at radius 2 is 1.81 bits per heavy atom. The number of hydrogen-bond donors (Lipinski definition) is 1. The third-order valence-electron chi connectivity index (χ3n) is 4.30. The van der Waals surface area contributed by atoms with Gasteiger partial charge in [0.2, 0.25) is 0 Å². The van der Waals surface area contributed by atoms with E-state index in [1.807, 2.05) is 0 Å². The average Bonchev–Trinajstić information content (AvgIpc) is 2.73. The van der Waals surface area contributed by atoms with Gasteiger partial charge in [-0.2, -0.15) is 0 Å². The van der Waals surface area contributed by atoms with E-state index in [0.717, 1.165) is 12.1 Å². The zero-order chi connectivity index (χ0) is 22.5. The summed E-state index contributed by atoms with van der Waals surface area (Å²) in [6.45, 7) is -0.146. The minimum Gasteiger partial charge on any atom is -0.495 e. The number of benzene rings is 1. The molecule has 2 aromatic heterocycles. The molecule has 0 aliphatic rings. The summed E-state index contributed by atoms with van der Waals surface area (Å²) in [4.78, 5) is 33.3. The second-order valence-electron chi connectivity index (χ2n) is 6.45. The summed E-state index contributed by atoms with van der Waals surface area (Å²) in [5, 5.41) is 9.18. The SMILES string of the molecule is COc1ccnc(CN(Cc2ccc(C(=O)O)nc2)C(=O)c2cc(F)cc(F)c2)c1Cl. The molecule has 3 aromatic rings. The lowest BCUT2D eigenvalue weighted by atomic mass is 10.1. The molecule has 2 heterocycles. The molecule has 0 spiro atoms. The van der Waals surface area contributed by atoms with E-state index >= 15 is 0 Å². The molecule has 0 fully saturated rings. The van der Waals surface area contributed by atoms with Crippen LogP contribution in [0.4, 0.5) is 8.78 Å². The van der Waals surface area contributed by atoms with E-state index in [-0.39, 0.29) is 29.4 Å². The Kier molecular flexibility index (Phi) is 6.76. The van der Waals surface area contributed by atoms with Crippen LogP contribution in [0.5, 0.6) is 5.75 Å². The lowest BCUT2D eigenvalue weighted by molar-refractivity contribution is 0.0686. The van der Waals surface area contributed by atoms with Crippen LogP contribution in [0.25, 0.3) is 0 Å². The molecule has 0 unspecified atom stereocenters. The maximum Gasteiger partial charge on any atom is 0.354 e. The van der Waals surface area contributed by atoms with Crippen LogP contribution in [-0.2, 0) is 13.1 Å². The molecule has 0 saturated carbocycles. The number of carbonyl (C=O) groups is 2. The Morgan fingerprint density at radius 1 is 1.10 bits per heavy atom.